The number of hydrogen-bond donors (Lipinski definition) is 0. The number of esters is 1. The van der Waals surface area contributed by atoms with Gasteiger partial charge in [-0.3, -0.25) is 4.79 Å². The predicted octanol–water partition coefficient (Wildman–Crippen LogP) is 2.49. The van der Waals surface area contributed by atoms with Gasteiger partial charge in [-0.15, -0.1) is 0 Å². The Hall–Kier alpha value is -1.38. The third kappa shape index (κ3) is 2.83. The van der Waals surface area contributed by atoms with Crippen molar-refractivity contribution in [3.05, 3.63) is 35.6 Å². The van der Waals surface area contributed by atoms with Gasteiger partial charge in [-0.05, 0) is 23.6 Å². The molecule has 0 aliphatic heterocycles. The van der Waals surface area contributed by atoms with Gasteiger partial charge in [-0.1, -0.05) is 19.1 Å². The average Bonchev–Trinajstić information content (AvgIpc) is 2.17. The molecule has 0 fully saturated rings. The van der Waals surface area contributed by atoms with Crippen LogP contribution >= 0.6 is 0 Å². The fraction of sp³-hybridized carbons (Fsp3) is 0.364. The fourth-order valence-corrected chi connectivity index (χ4v) is 1.26. The molecule has 0 saturated carbocycles. The lowest BCUT2D eigenvalue weighted by Gasteiger charge is -2.09. The molecule has 0 aliphatic carbocycles. The highest BCUT2D eigenvalue weighted by Gasteiger charge is 2.11. The van der Waals surface area contributed by atoms with E-state index in [9.17, 15) is 9.18 Å². The van der Waals surface area contributed by atoms with Crippen LogP contribution in [0.4, 0.5) is 4.39 Å². The molecule has 1 aromatic rings. The molecule has 0 radical (unpaired) electrons. The van der Waals surface area contributed by atoms with Gasteiger partial charge in [0.05, 0.1) is 13.5 Å². The molecule has 0 amide bonds. The number of benzene rings is 1. The number of methoxy groups -OCH3 is 1. The van der Waals surface area contributed by atoms with Crippen LogP contribution in [-0.2, 0) is 9.53 Å². The molecule has 0 saturated heterocycles. The van der Waals surface area contributed by atoms with Gasteiger partial charge in [-0.25, -0.2) is 4.39 Å². The van der Waals surface area contributed by atoms with Crippen molar-refractivity contribution in [3.63, 3.8) is 0 Å². The zero-order valence-corrected chi connectivity index (χ0v) is 8.29. The minimum atomic E-state index is -0.279. The van der Waals surface area contributed by atoms with E-state index in [-0.39, 0.29) is 24.1 Å². The summed E-state index contributed by atoms with van der Waals surface area (Å²) in [6, 6.07) is 6.26. The van der Waals surface area contributed by atoms with Gasteiger partial charge in [0.15, 0.2) is 0 Å². The maximum atomic E-state index is 12.8. The topological polar surface area (TPSA) is 26.3 Å². The molecule has 1 atom stereocenters. The summed E-state index contributed by atoms with van der Waals surface area (Å²) in [5, 5.41) is 0. The second kappa shape index (κ2) is 4.74. The highest BCUT2D eigenvalue weighted by atomic mass is 19.1. The lowest BCUT2D eigenvalue weighted by atomic mass is 9.98. The normalized spacial score (nSPS) is 12.2. The highest BCUT2D eigenvalue weighted by molar-refractivity contribution is 5.70. The van der Waals surface area contributed by atoms with Crippen molar-refractivity contribution in [2.45, 2.75) is 19.3 Å². The fourth-order valence-electron chi connectivity index (χ4n) is 1.26. The first kappa shape index (κ1) is 10.7. The van der Waals surface area contributed by atoms with Gasteiger partial charge in [0, 0.05) is 0 Å². The maximum Gasteiger partial charge on any atom is 0.306 e. The summed E-state index contributed by atoms with van der Waals surface area (Å²) in [5.74, 6) is -0.570. The minimum Gasteiger partial charge on any atom is -0.469 e. The van der Waals surface area contributed by atoms with Crippen LogP contribution in [0.2, 0.25) is 0 Å². The molecule has 76 valence electrons. The van der Waals surface area contributed by atoms with Crippen molar-refractivity contribution in [2.75, 3.05) is 7.11 Å². The first-order valence-electron chi connectivity index (χ1n) is 4.45. The number of rotatable bonds is 3. The molecule has 3 heteroatoms. The molecule has 0 N–H and O–H groups in total. The van der Waals surface area contributed by atoms with Gasteiger partial charge in [0.1, 0.15) is 5.82 Å². The van der Waals surface area contributed by atoms with E-state index < -0.39 is 0 Å². The van der Waals surface area contributed by atoms with Crippen LogP contribution in [0.3, 0.4) is 0 Å². The molecule has 0 bridgehead atoms. The largest absolute Gasteiger partial charge is 0.469 e. The second-order valence-electron chi connectivity index (χ2n) is 3.24. The smallest absolute Gasteiger partial charge is 0.306 e. The van der Waals surface area contributed by atoms with E-state index in [1.54, 1.807) is 12.1 Å². The van der Waals surface area contributed by atoms with E-state index in [1.807, 2.05) is 6.92 Å². The summed E-state index contributed by atoms with van der Waals surface area (Å²) in [4.78, 5) is 11.0. The Kier molecular flexibility index (Phi) is 3.63. The number of hydrogen-bond acceptors (Lipinski definition) is 2. The number of carbonyl (C=O) groups is 1. The third-order valence-corrected chi connectivity index (χ3v) is 2.12. The molecule has 0 spiro atoms. The monoisotopic (exact) mass is 196 g/mol. The first-order valence-corrected chi connectivity index (χ1v) is 4.45. The molecule has 1 aromatic carbocycles. The zero-order valence-electron chi connectivity index (χ0n) is 8.29. The van der Waals surface area contributed by atoms with Crippen LogP contribution < -0.4 is 0 Å². The molecule has 2 nitrogen and oxygen atoms in total. The summed E-state index contributed by atoms with van der Waals surface area (Å²) in [5.41, 5.74) is 0.815. The van der Waals surface area contributed by atoms with Crippen LogP contribution in [-0.4, -0.2) is 13.1 Å². The molecule has 1 unspecified atom stereocenters. The molecule has 0 aromatic heterocycles. The van der Waals surface area contributed by atoms with Crippen molar-refractivity contribution in [3.8, 4) is 0 Å². The third-order valence-electron chi connectivity index (χ3n) is 2.12. The van der Waals surface area contributed by atoms with Crippen molar-refractivity contribution in [1.82, 2.24) is 0 Å². The van der Waals surface area contributed by atoms with Crippen LogP contribution in [0.1, 0.15) is 24.8 Å². The standard InChI is InChI=1S/C11H13FO2/c1-8(6-11(13)14-2)9-4-3-5-10(12)7-9/h3-5,7-8H,6H2,1-2H3. The van der Waals surface area contributed by atoms with Gasteiger partial charge in [0.25, 0.3) is 0 Å². The highest BCUT2D eigenvalue weighted by Crippen LogP contribution is 2.19. The molecular weight excluding hydrogens is 183 g/mol. The summed E-state index contributed by atoms with van der Waals surface area (Å²) in [7, 11) is 1.35. The molecular formula is C11H13FO2. The van der Waals surface area contributed by atoms with Crippen LogP contribution in [0, 0.1) is 5.82 Å². The Morgan fingerprint density at radius 3 is 2.86 bits per heavy atom. The van der Waals surface area contributed by atoms with Gasteiger partial charge < -0.3 is 4.74 Å². The summed E-state index contributed by atoms with van der Waals surface area (Å²) < 4.78 is 17.4. The van der Waals surface area contributed by atoms with E-state index in [0.29, 0.717) is 0 Å². The van der Waals surface area contributed by atoms with E-state index in [2.05, 4.69) is 4.74 Å². The Morgan fingerprint density at radius 2 is 2.29 bits per heavy atom. The van der Waals surface area contributed by atoms with E-state index in [4.69, 9.17) is 0 Å². The average molecular weight is 196 g/mol. The predicted molar refractivity (Wildman–Crippen MR) is 51.4 cm³/mol. The van der Waals surface area contributed by atoms with Crippen molar-refractivity contribution >= 4 is 5.97 Å². The quantitative estimate of drug-likeness (QED) is 0.694. The molecule has 0 heterocycles. The molecule has 14 heavy (non-hydrogen) atoms. The van der Waals surface area contributed by atoms with Crippen molar-refractivity contribution in [2.24, 2.45) is 0 Å². The Balaban J connectivity index is 2.69. The Morgan fingerprint density at radius 1 is 1.57 bits per heavy atom. The molecule has 1 rings (SSSR count). The minimum absolute atomic E-state index is 0.0156. The van der Waals surface area contributed by atoms with Crippen LogP contribution in [0.5, 0.6) is 0 Å². The Labute approximate surface area is 82.7 Å². The second-order valence-corrected chi connectivity index (χ2v) is 3.24. The number of ether oxygens (including phenoxy) is 1. The van der Waals surface area contributed by atoms with Crippen molar-refractivity contribution in [1.29, 1.82) is 0 Å². The molecule has 0 aliphatic rings. The first-order chi connectivity index (χ1) is 6.63. The lowest BCUT2D eigenvalue weighted by molar-refractivity contribution is -0.140. The zero-order chi connectivity index (χ0) is 10.6. The summed E-state index contributed by atoms with van der Waals surface area (Å²) >= 11 is 0. The summed E-state index contributed by atoms with van der Waals surface area (Å²) in [6.45, 7) is 1.87. The van der Waals surface area contributed by atoms with E-state index in [1.165, 1.54) is 19.2 Å². The van der Waals surface area contributed by atoms with Gasteiger partial charge in [-0.2, -0.15) is 0 Å². The van der Waals surface area contributed by atoms with Gasteiger partial charge in [0.2, 0.25) is 0 Å². The van der Waals surface area contributed by atoms with Crippen LogP contribution in [0.15, 0.2) is 24.3 Å². The van der Waals surface area contributed by atoms with Crippen LogP contribution in [0.25, 0.3) is 0 Å². The SMILES string of the molecule is COC(=O)CC(C)c1cccc(F)c1. The number of halogens is 1. The van der Waals surface area contributed by atoms with Crippen molar-refractivity contribution < 1.29 is 13.9 Å². The maximum absolute atomic E-state index is 12.8. The lowest BCUT2D eigenvalue weighted by Crippen LogP contribution is -2.06. The number of carbonyl (C=O) groups excluding carboxylic acids is 1. The summed E-state index contributed by atoms with van der Waals surface area (Å²) in [6.07, 6.45) is 0.278. The van der Waals surface area contributed by atoms with Gasteiger partial charge >= 0.3 is 5.97 Å². The Bertz CT molecular complexity index is 323. The van der Waals surface area contributed by atoms with E-state index >= 15 is 0 Å². The van der Waals surface area contributed by atoms with E-state index in [0.717, 1.165) is 5.56 Å².